The van der Waals surface area contributed by atoms with Crippen molar-refractivity contribution in [1.82, 2.24) is 24.0 Å². The Morgan fingerprint density at radius 3 is 1.57 bits per heavy atom. The van der Waals surface area contributed by atoms with Crippen molar-refractivity contribution in [3.05, 3.63) is 59.2 Å². The van der Waals surface area contributed by atoms with Crippen molar-refractivity contribution in [1.29, 1.82) is 0 Å². The van der Waals surface area contributed by atoms with Crippen LogP contribution in [0.15, 0.2) is 36.4 Å². The maximum atomic E-state index is 12.9. The van der Waals surface area contributed by atoms with Crippen LogP contribution >= 0.6 is 0 Å². The number of aromatic carboxylic acids is 1. The van der Waals surface area contributed by atoms with E-state index in [4.69, 9.17) is 14.7 Å². The molecule has 1 saturated heterocycles. The highest BCUT2D eigenvalue weighted by atomic mass is 16.5. The van der Waals surface area contributed by atoms with E-state index in [9.17, 15) is 14.7 Å². The highest BCUT2D eigenvalue weighted by Gasteiger charge is 2.30. The van der Waals surface area contributed by atoms with Crippen molar-refractivity contribution in [3.63, 3.8) is 0 Å². The molecule has 0 atom stereocenters. The lowest BCUT2D eigenvalue weighted by Gasteiger charge is -2.28. The summed E-state index contributed by atoms with van der Waals surface area (Å²) in [6.45, 7) is 18.1. The number of benzene rings is 2. The highest BCUT2D eigenvalue weighted by molar-refractivity contribution is 5.97. The molecule has 1 aliphatic heterocycles. The molecule has 3 fully saturated rings. The normalized spacial score (nSPS) is 18.0. The lowest BCUT2D eigenvalue weighted by atomic mass is 9.87. The number of morpholine rings is 1. The first-order valence-corrected chi connectivity index (χ1v) is 20.5. The summed E-state index contributed by atoms with van der Waals surface area (Å²) in [5.41, 5.74) is 5.05. The molecule has 0 unspecified atom stereocenters. The number of carboxylic acids is 1. The molecule has 1 N–H and O–H groups in total. The number of hydrogen-bond acceptors (Lipinski definition) is 5. The second-order valence-corrected chi connectivity index (χ2v) is 17.2. The number of carbonyl (C=O) groups excluding carboxylic acids is 1. The van der Waals surface area contributed by atoms with Gasteiger partial charge in [-0.25, -0.2) is 14.8 Å². The molecule has 2 saturated carbocycles. The summed E-state index contributed by atoms with van der Waals surface area (Å²) in [7, 11) is 0. The van der Waals surface area contributed by atoms with Gasteiger partial charge in [0.1, 0.15) is 11.6 Å². The van der Waals surface area contributed by atoms with Crippen LogP contribution in [-0.4, -0.2) is 67.3 Å². The maximum Gasteiger partial charge on any atom is 0.335 e. The van der Waals surface area contributed by atoms with E-state index in [1.54, 1.807) is 12.1 Å². The highest BCUT2D eigenvalue weighted by Crippen LogP contribution is 2.35. The first kappa shape index (κ1) is 39.0. The van der Waals surface area contributed by atoms with Gasteiger partial charge in [-0.1, -0.05) is 80.1 Å². The van der Waals surface area contributed by atoms with E-state index in [2.05, 4.69) is 56.7 Å². The maximum absolute atomic E-state index is 12.9. The molecule has 1 amide bonds. The first-order valence-electron chi connectivity index (χ1n) is 20.5. The number of amides is 1. The number of rotatable bonds is 10. The number of aromatic nitrogens is 4. The molecule has 9 heteroatoms. The summed E-state index contributed by atoms with van der Waals surface area (Å²) in [5.74, 6) is 2.90. The molecule has 3 aliphatic rings. The van der Waals surface area contributed by atoms with Gasteiger partial charge >= 0.3 is 5.97 Å². The van der Waals surface area contributed by atoms with Crippen molar-refractivity contribution in [3.8, 4) is 0 Å². The minimum Gasteiger partial charge on any atom is -0.478 e. The van der Waals surface area contributed by atoms with Crippen LogP contribution < -0.4 is 0 Å². The van der Waals surface area contributed by atoms with E-state index in [0.717, 1.165) is 65.6 Å². The quantitative estimate of drug-likeness (QED) is 0.175. The summed E-state index contributed by atoms with van der Waals surface area (Å²) in [6.07, 6.45) is 15.4. The van der Waals surface area contributed by atoms with Crippen molar-refractivity contribution < 1.29 is 19.4 Å². The first-order chi connectivity index (χ1) is 25.4. The van der Waals surface area contributed by atoms with Gasteiger partial charge in [0.15, 0.2) is 0 Å². The predicted octanol–water partition coefficient (Wildman–Crippen LogP) is 9.78. The number of carboxylic acid groups (broad SMARTS) is 1. The van der Waals surface area contributed by atoms with Crippen LogP contribution in [0.1, 0.15) is 151 Å². The van der Waals surface area contributed by atoms with Gasteiger partial charge in [-0.15, -0.1) is 0 Å². The minimum absolute atomic E-state index is 0.0159. The lowest BCUT2D eigenvalue weighted by molar-refractivity contribution is 0.0303. The van der Waals surface area contributed by atoms with E-state index in [1.165, 1.54) is 69.7 Å². The van der Waals surface area contributed by atoms with E-state index in [-0.39, 0.29) is 16.7 Å². The molecule has 288 valence electrons. The summed E-state index contributed by atoms with van der Waals surface area (Å²) in [6, 6.07) is 11.5. The van der Waals surface area contributed by atoms with Crippen LogP contribution in [0.5, 0.6) is 0 Å². The third-order valence-electron chi connectivity index (χ3n) is 12.6. The molecule has 7 rings (SSSR count). The topological polar surface area (TPSA) is 102 Å². The van der Waals surface area contributed by atoms with Crippen LogP contribution in [0, 0.1) is 11.8 Å². The average molecular weight is 726 g/mol. The molecule has 0 radical (unpaired) electrons. The van der Waals surface area contributed by atoms with Crippen molar-refractivity contribution >= 4 is 33.9 Å². The Kier molecular flexibility index (Phi) is 12.3. The van der Waals surface area contributed by atoms with E-state index < -0.39 is 5.97 Å². The van der Waals surface area contributed by atoms with Gasteiger partial charge in [-0.2, -0.15) is 0 Å². The van der Waals surface area contributed by atoms with Crippen molar-refractivity contribution in [2.24, 2.45) is 11.8 Å². The molecule has 0 bridgehead atoms. The fraction of sp³-hybridized carbons (Fsp3) is 0.636. The van der Waals surface area contributed by atoms with Gasteiger partial charge in [0.25, 0.3) is 5.91 Å². The molecule has 2 aromatic heterocycles. The number of imidazole rings is 2. The van der Waals surface area contributed by atoms with Gasteiger partial charge < -0.3 is 23.9 Å². The zero-order valence-corrected chi connectivity index (χ0v) is 33.3. The SMILES string of the molecule is CCC(C)(C)c1nc2cc(C(=O)N3CCOCC3)ccc2n1CC1CCCCC1.CCC(C)(C)c1nc2cc(C(=O)O)ccc2n1CC1CCCCC1. The van der Waals surface area contributed by atoms with Crippen LogP contribution in [0.25, 0.3) is 22.1 Å². The molecule has 2 aromatic carbocycles. The Labute approximate surface area is 316 Å². The minimum atomic E-state index is -0.893. The largest absolute Gasteiger partial charge is 0.478 e. The fourth-order valence-electron chi connectivity index (χ4n) is 8.45. The number of fused-ring (bicyclic) bond motifs is 2. The molecule has 4 aromatic rings. The smallest absolute Gasteiger partial charge is 0.335 e. The van der Waals surface area contributed by atoms with Crippen molar-refractivity contribution in [2.45, 2.75) is 143 Å². The van der Waals surface area contributed by atoms with Gasteiger partial charge in [0, 0.05) is 42.6 Å². The number of ether oxygens (including phenoxy) is 1. The Hall–Kier alpha value is -3.72. The molecule has 9 nitrogen and oxygen atoms in total. The van der Waals surface area contributed by atoms with Crippen LogP contribution in [0.4, 0.5) is 0 Å². The molecular formula is C44H63N5O4. The van der Waals surface area contributed by atoms with Crippen LogP contribution in [-0.2, 0) is 28.7 Å². The summed E-state index contributed by atoms with van der Waals surface area (Å²) >= 11 is 0. The van der Waals surface area contributed by atoms with E-state index >= 15 is 0 Å². The van der Waals surface area contributed by atoms with Gasteiger partial charge in [0.2, 0.25) is 0 Å². The fourth-order valence-corrected chi connectivity index (χ4v) is 8.45. The van der Waals surface area contributed by atoms with Crippen LogP contribution in [0.2, 0.25) is 0 Å². The zero-order chi connectivity index (χ0) is 37.8. The third kappa shape index (κ3) is 8.82. The summed E-state index contributed by atoms with van der Waals surface area (Å²) in [4.78, 5) is 36.0. The molecular weight excluding hydrogens is 663 g/mol. The van der Waals surface area contributed by atoms with Crippen LogP contribution in [0.3, 0.4) is 0 Å². The second-order valence-electron chi connectivity index (χ2n) is 17.2. The number of carbonyl (C=O) groups is 2. The summed E-state index contributed by atoms with van der Waals surface area (Å²) < 4.78 is 10.2. The number of nitrogens with zero attached hydrogens (tertiary/aromatic N) is 5. The third-order valence-corrected chi connectivity index (χ3v) is 12.6. The predicted molar refractivity (Wildman–Crippen MR) is 213 cm³/mol. The molecule has 3 heterocycles. The lowest BCUT2D eigenvalue weighted by Crippen LogP contribution is -2.40. The number of hydrogen-bond donors (Lipinski definition) is 1. The van der Waals surface area contributed by atoms with Gasteiger partial charge in [-0.05, 0) is 86.8 Å². The van der Waals surface area contributed by atoms with Gasteiger partial charge in [0.05, 0.1) is 40.8 Å². The molecule has 2 aliphatic carbocycles. The molecule has 0 spiro atoms. The zero-order valence-electron chi connectivity index (χ0n) is 33.3. The Balaban J connectivity index is 0.000000185. The monoisotopic (exact) mass is 725 g/mol. The molecule has 53 heavy (non-hydrogen) atoms. The standard InChI is InChI=1S/C24H35N3O2.C20H28N2O2/c1-4-24(2,3)23-25-20-16-19(22(28)26-12-14-29-15-13-26)10-11-21(20)27(23)17-18-8-6-5-7-9-18;1-4-20(2,3)19-21-16-12-15(18(23)24)10-11-17(16)22(19)13-14-8-6-5-7-9-14/h10-11,16,18H,4-9,12-15,17H2,1-3H3;10-12,14H,4-9,13H2,1-3H3,(H,23,24). The Morgan fingerprint density at radius 2 is 1.13 bits per heavy atom. The Bertz CT molecular complexity index is 1870. The summed E-state index contributed by atoms with van der Waals surface area (Å²) in [5, 5.41) is 9.25. The van der Waals surface area contributed by atoms with Crippen molar-refractivity contribution in [2.75, 3.05) is 26.3 Å². The van der Waals surface area contributed by atoms with E-state index in [1.807, 2.05) is 23.1 Å². The Morgan fingerprint density at radius 1 is 0.698 bits per heavy atom. The average Bonchev–Trinajstić information content (AvgIpc) is 3.74. The van der Waals surface area contributed by atoms with Gasteiger partial charge in [-0.3, -0.25) is 4.79 Å². The second kappa shape index (κ2) is 16.7. The van der Waals surface area contributed by atoms with E-state index in [0.29, 0.717) is 37.8 Å².